The van der Waals surface area contributed by atoms with E-state index in [9.17, 15) is 4.79 Å². The van der Waals surface area contributed by atoms with Crippen molar-refractivity contribution in [2.45, 2.75) is 0 Å². The Bertz CT molecular complexity index is 2220. The maximum Gasteiger partial charge on any atom is 0.363 e. The first-order chi connectivity index (χ1) is 24.7. The molecule has 8 nitrogen and oxygen atoms in total. The van der Waals surface area contributed by atoms with Crippen LogP contribution in [0.25, 0.3) is 26.3 Å². The van der Waals surface area contributed by atoms with Gasteiger partial charge in [0.1, 0.15) is 26.4 Å². The predicted molar refractivity (Wildman–Crippen MR) is 197 cm³/mol. The lowest BCUT2D eigenvalue weighted by Gasteiger charge is -2.25. The summed E-state index contributed by atoms with van der Waals surface area (Å²) in [6.45, 7) is 1.69. The molecule has 0 saturated heterocycles. The number of rotatable bonds is 7. The van der Waals surface area contributed by atoms with E-state index in [1.165, 1.54) is 11.3 Å². The van der Waals surface area contributed by atoms with Gasteiger partial charge in [-0.25, -0.2) is 9.79 Å². The molecule has 3 aliphatic rings. The van der Waals surface area contributed by atoms with Crippen molar-refractivity contribution in [3.63, 3.8) is 0 Å². The van der Waals surface area contributed by atoms with Gasteiger partial charge in [0.25, 0.3) is 0 Å². The van der Waals surface area contributed by atoms with Crippen molar-refractivity contribution in [2.75, 3.05) is 31.3 Å². The van der Waals surface area contributed by atoms with Crippen molar-refractivity contribution >= 4 is 57.7 Å². The highest BCUT2D eigenvalue weighted by molar-refractivity contribution is 7.25. The molecule has 3 aliphatic heterocycles. The van der Waals surface area contributed by atoms with E-state index < -0.39 is 5.97 Å². The first-order valence-corrected chi connectivity index (χ1v) is 17.8. The van der Waals surface area contributed by atoms with Gasteiger partial charge in [-0.3, -0.25) is 0 Å². The van der Waals surface area contributed by atoms with Crippen LogP contribution in [-0.4, -0.2) is 38.3 Å². The SMILES string of the molecule is O=C1OC(c2ccccc2)=NC1=Cc1sc(-c2sc(-c3ccc(N(c4ccccc4)c4ccccc4)cc3)c3c2OCCO3)c2c1OCCO2. The molecule has 0 aliphatic carbocycles. The quantitative estimate of drug-likeness (QED) is 0.122. The molecule has 50 heavy (non-hydrogen) atoms. The second kappa shape index (κ2) is 12.9. The molecule has 5 heterocycles. The van der Waals surface area contributed by atoms with Crippen molar-refractivity contribution in [1.29, 1.82) is 0 Å². The number of esters is 1. The van der Waals surface area contributed by atoms with Crippen LogP contribution in [0.2, 0.25) is 0 Å². The minimum Gasteiger partial charge on any atom is -0.485 e. The van der Waals surface area contributed by atoms with Crippen LogP contribution in [0.1, 0.15) is 10.4 Å². The molecule has 9 rings (SSSR count). The Hall–Kier alpha value is -5.84. The summed E-state index contributed by atoms with van der Waals surface area (Å²) in [5, 5.41) is 0. The Morgan fingerprint density at radius 2 is 1.04 bits per heavy atom. The van der Waals surface area contributed by atoms with Crippen molar-refractivity contribution in [3.8, 4) is 43.2 Å². The lowest BCUT2D eigenvalue weighted by molar-refractivity contribution is -0.129. The Morgan fingerprint density at radius 1 is 0.540 bits per heavy atom. The van der Waals surface area contributed by atoms with Gasteiger partial charge in [-0.15, -0.1) is 22.7 Å². The molecule has 10 heteroatoms. The van der Waals surface area contributed by atoms with E-state index in [4.69, 9.17) is 23.7 Å². The Balaban J connectivity index is 1.10. The number of aliphatic imine (C=N–C) groups is 1. The zero-order valence-electron chi connectivity index (χ0n) is 26.5. The minimum atomic E-state index is -0.515. The topological polar surface area (TPSA) is 78.8 Å². The number of ether oxygens (including phenoxy) is 5. The highest BCUT2D eigenvalue weighted by Gasteiger charge is 2.34. The molecular formula is C40H28N2O6S2. The normalized spacial score (nSPS) is 15.5. The van der Waals surface area contributed by atoms with Crippen LogP contribution >= 0.6 is 22.7 Å². The molecule has 246 valence electrons. The van der Waals surface area contributed by atoms with Gasteiger partial charge >= 0.3 is 5.97 Å². The van der Waals surface area contributed by atoms with E-state index in [-0.39, 0.29) is 11.6 Å². The standard InChI is InChI=1S/C40H28N2O6S2/c43-40-30(41-39(48-40)26-10-4-1-5-11-26)24-31-32-33(45-21-20-44-32)37(49-31)38-35-34(46-22-23-47-35)36(50-38)25-16-18-29(19-17-25)42(27-12-6-2-7-13-27)28-14-8-3-9-15-28/h1-19,24H,20-23H2. The van der Waals surface area contributed by atoms with Gasteiger partial charge in [-0.1, -0.05) is 66.7 Å². The zero-order chi connectivity index (χ0) is 33.4. The third-order valence-corrected chi connectivity index (χ3v) is 10.8. The van der Waals surface area contributed by atoms with E-state index in [0.717, 1.165) is 42.8 Å². The maximum absolute atomic E-state index is 12.9. The molecule has 0 N–H and O–H groups in total. The molecule has 0 fully saturated rings. The van der Waals surface area contributed by atoms with Crippen molar-refractivity contribution in [1.82, 2.24) is 0 Å². The first kappa shape index (κ1) is 30.2. The zero-order valence-corrected chi connectivity index (χ0v) is 28.2. The monoisotopic (exact) mass is 696 g/mol. The number of carbonyl (C=O) groups is 1. The fourth-order valence-corrected chi connectivity index (χ4v) is 8.55. The number of carbonyl (C=O) groups excluding carboxylic acids is 1. The second-order valence-electron chi connectivity index (χ2n) is 11.5. The number of benzene rings is 4. The van der Waals surface area contributed by atoms with E-state index in [0.29, 0.717) is 54.3 Å². The average molecular weight is 697 g/mol. The van der Waals surface area contributed by atoms with Crippen LogP contribution < -0.4 is 23.8 Å². The van der Waals surface area contributed by atoms with Crippen molar-refractivity contribution < 1.29 is 28.5 Å². The van der Waals surface area contributed by atoms with Gasteiger partial charge in [0.2, 0.25) is 5.90 Å². The van der Waals surface area contributed by atoms with Crippen LogP contribution in [0.3, 0.4) is 0 Å². The van der Waals surface area contributed by atoms with Crippen LogP contribution in [0.4, 0.5) is 17.1 Å². The third-order valence-electron chi connectivity index (χ3n) is 8.36. The van der Waals surface area contributed by atoms with Crippen LogP contribution in [0, 0.1) is 0 Å². The van der Waals surface area contributed by atoms with E-state index in [2.05, 4.69) is 58.4 Å². The molecule has 4 aromatic carbocycles. The third kappa shape index (κ3) is 5.48. The Morgan fingerprint density at radius 3 is 1.66 bits per heavy atom. The Kier molecular flexibility index (Phi) is 7.79. The van der Waals surface area contributed by atoms with Crippen LogP contribution in [0.15, 0.2) is 126 Å². The molecule has 2 aromatic heterocycles. The predicted octanol–water partition coefficient (Wildman–Crippen LogP) is 9.50. The largest absolute Gasteiger partial charge is 0.485 e. The van der Waals surface area contributed by atoms with Gasteiger partial charge in [0, 0.05) is 22.6 Å². The summed E-state index contributed by atoms with van der Waals surface area (Å²) in [7, 11) is 0. The smallest absolute Gasteiger partial charge is 0.363 e. The molecule has 0 unspecified atom stereocenters. The molecule has 6 aromatic rings. The molecule has 0 saturated carbocycles. The van der Waals surface area contributed by atoms with E-state index in [1.807, 2.05) is 66.7 Å². The molecule has 0 bridgehead atoms. The van der Waals surface area contributed by atoms with Gasteiger partial charge < -0.3 is 28.6 Å². The molecule has 0 spiro atoms. The molecule has 0 amide bonds. The maximum atomic E-state index is 12.9. The highest BCUT2D eigenvalue weighted by atomic mass is 32.1. The molecular weight excluding hydrogens is 669 g/mol. The first-order valence-electron chi connectivity index (χ1n) is 16.1. The number of anilines is 3. The number of cyclic esters (lactones) is 1. The summed E-state index contributed by atoms with van der Waals surface area (Å²) >= 11 is 3.05. The van der Waals surface area contributed by atoms with Gasteiger partial charge in [-0.05, 0) is 60.2 Å². The number of nitrogens with zero attached hydrogens (tertiary/aromatic N) is 2. The van der Waals surface area contributed by atoms with Gasteiger partial charge in [-0.2, -0.15) is 0 Å². The summed E-state index contributed by atoms with van der Waals surface area (Å²) < 4.78 is 30.4. The second-order valence-corrected chi connectivity index (χ2v) is 13.6. The van der Waals surface area contributed by atoms with E-state index >= 15 is 0 Å². The van der Waals surface area contributed by atoms with Crippen LogP contribution in [0.5, 0.6) is 23.0 Å². The number of thiophene rings is 2. The van der Waals surface area contributed by atoms with Gasteiger partial charge in [0.05, 0.1) is 19.5 Å². The lowest BCUT2D eigenvalue weighted by atomic mass is 10.1. The fourth-order valence-electron chi connectivity index (χ4n) is 6.11. The lowest BCUT2D eigenvalue weighted by Crippen LogP contribution is -2.15. The number of hydrogen-bond acceptors (Lipinski definition) is 10. The van der Waals surface area contributed by atoms with Gasteiger partial charge in [0.15, 0.2) is 28.7 Å². The fraction of sp³-hybridized carbons (Fsp3) is 0.100. The van der Waals surface area contributed by atoms with Crippen molar-refractivity contribution in [2.24, 2.45) is 4.99 Å². The Labute approximate surface area is 296 Å². The number of hydrogen-bond donors (Lipinski definition) is 0. The summed E-state index contributed by atoms with van der Waals surface area (Å²) in [6.07, 6.45) is 1.71. The van der Waals surface area contributed by atoms with E-state index in [1.54, 1.807) is 17.4 Å². The molecule has 0 radical (unpaired) electrons. The summed E-state index contributed by atoms with van der Waals surface area (Å²) in [5.41, 5.74) is 5.11. The number of para-hydroxylation sites is 2. The van der Waals surface area contributed by atoms with Crippen molar-refractivity contribution in [3.05, 3.63) is 131 Å². The summed E-state index contributed by atoms with van der Waals surface area (Å²) in [4.78, 5) is 23.0. The summed E-state index contributed by atoms with van der Waals surface area (Å²) in [5.74, 6) is 2.34. The molecule has 0 atom stereocenters. The number of fused-ring (bicyclic) bond motifs is 2. The van der Waals surface area contributed by atoms with Crippen LogP contribution in [-0.2, 0) is 9.53 Å². The average Bonchev–Trinajstić information content (AvgIpc) is 3.86. The minimum absolute atomic E-state index is 0.197. The summed E-state index contributed by atoms with van der Waals surface area (Å²) in [6, 6.07) is 38.5. The highest BCUT2D eigenvalue weighted by Crippen LogP contribution is 2.60.